The van der Waals surface area contributed by atoms with Crippen molar-refractivity contribution in [3.05, 3.63) is 0 Å². The van der Waals surface area contributed by atoms with Crippen molar-refractivity contribution in [3.8, 4) is 0 Å². The molecule has 114 valence electrons. The SMILES string of the molecule is NC1(CC(=O)NCC2CCC(C(=O)O)CC2)CCCC1. The van der Waals surface area contributed by atoms with Crippen LogP contribution in [0.4, 0.5) is 0 Å². The second kappa shape index (κ2) is 6.57. The molecule has 2 fully saturated rings. The molecule has 2 aliphatic carbocycles. The molecular formula is C15H26N2O3. The Hall–Kier alpha value is -1.10. The lowest BCUT2D eigenvalue weighted by molar-refractivity contribution is -0.143. The number of carbonyl (C=O) groups is 2. The number of hydrogen-bond donors (Lipinski definition) is 3. The van der Waals surface area contributed by atoms with E-state index in [0.717, 1.165) is 51.4 Å². The molecule has 0 aromatic rings. The molecule has 0 spiro atoms. The van der Waals surface area contributed by atoms with Crippen molar-refractivity contribution < 1.29 is 14.7 Å². The summed E-state index contributed by atoms with van der Waals surface area (Å²) in [6.07, 6.45) is 7.83. The highest BCUT2D eigenvalue weighted by Crippen LogP contribution is 2.30. The second-order valence-electron chi connectivity index (χ2n) is 6.61. The predicted octanol–water partition coefficient (Wildman–Crippen LogP) is 1.66. The minimum Gasteiger partial charge on any atom is -0.481 e. The van der Waals surface area contributed by atoms with Gasteiger partial charge < -0.3 is 16.2 Å². The Morgan fingerprint density at radius 1 is 1.15 bits per heavy atom. The summed E-state index contributed by atoms with van der Waals surface area (Å²) < 4.78 is 0. The van der Waals surface area contributed by atoms with E-state index in [-0.39, 0.29) is 17.4 Å². The molecule has 2 saturated carbocycles. The highest BCUT2D eigenvalue weighted by molar-refractivity contribution is 5.77. The van der Waals surface area contributed by atoms with Gasteiger partial charge in [-0.05, 0) is 44.4 Å². The number of hydrogen-bond acceptors (Lipinski definition) is 3. The monoisotopic (exact) mass is 282 g/mol. The Balaban J connectivity index is 1.65. The van der Waals surface area contributed by atoms with Crippen LogP contribution in [-0.2, 0) is 9.59 Å². The van der Waals surface area contributed by atoms with Gasteiger partial charge >= 0.3 is 5.97 Å². The van der Waals surface area contributed by atoms with Crippen LogP contribution in [0, 0.1) is 11.8 Å². The fourth-order valence-electron chi connectivity index (χ4n) is 3.51. The fraction of sp³-hybridized carbons (Fsp3) is 0.867. The van der Waals surface area contributed by atoms with Crippen molar-refractivity contribution in [2.45, 2.75) is 63.3 Å². The van der Waals surface area contributed by atoms with E-state index in [0.29, 0.717) is 18.9 Å². The minimum atomic E-state index is -0.682. The summed E-state index contributed by atoms with van der Waals surface area (Å²) in [5, 5.41) is 11.9. The molecule has 2 aliphatic rings. The number of carboxylic acid groups (broad SMARTS) is 1. The van der Waals surface area contributed by atoms with Crippen molar-refractivity contribution in [1.82, 2.24) is 5.32 Å². The highest BCUT2D eigenvalue weighted by Gasteiger charge is 2.32. The van der Waals surface area contributed by atoms with Crippen LogP contribution in [0.25, 0.3) is 0 Å². The summed E-state index contributed by atoms with van der Waals surface area (Å²) in [7, 11) is 0. The molecule has 2 rings (SSSR count). The Morgan fingerprint density at radius 2 is 1.75 bits per heavy atom. The van der Waals surface area contributed by atoms with E-state index >= 15 is 0 Å². The molecule has 0 saturated heterocycles. The molecule has 0 heterocycles. The predicted molar refractivity (Wildman–Crippen MR) is 76.1 cm³/mol. The zero-order valence-corrected chi connectivity index (χ0v) is 12.1. The molecular weight excluding hydrogens is 256 g/mol. The lowest BCUT2D eigenvalue weighted by Gasteiger charge is -2.27. The van der Waals surface area contributed by atoms with Gasteiger partial charge in [-0.2, -0.15) is 0 Å². The summed E-state index contributed by atoms with van der Waals surface area (Å²) in [6.45, 7) is 0.668. The van der Waals surface area contributed by atoms with Crippen LogP contribution in [0.5, 0.6) is 0 Å². The van der Waals surface area contributed by atoms with Crippen molar-refractivity contribution >= 4 is 11.9 Å². The lowest BCUT2D eigenvalue weighted by Crippen LogP contribution is -2.43. The van der Waals surface area contributed by atoms with E-state index in [4.69, 9.17) is 10.8 Å². The van der Waals surface area contributed by atoms with Crippen LogP contribution >= 0.6 is 0 Å². The molecule has 5 nitrogen and oxygen atoms in total. The zero-order valence-electron chi connectivity index (χ0n) is 12.1. The van der Waals surface area contributed by atoms with Gasteiger partial charge in [0.2, 0.25) is 5.91 Å². The van der Waals surface area contributed by atoms with E-state index in [9.17, 15) is 9.59 Å². The van der Waals surface area contributed by atoms with Gasteiger partial charge in [0.15, 0.2) is 0 Å². The highest BCUT2D eigenvalue weighted by atomic mass is 16.4. The molecule has 20 heavy (non-hydrogen) atoms. The lowest BCUT2D eigenvalue weighted by atomic mass is 9.82. The summed E-state index contributed by atoms with van der Waals surface area (Å²) >= 11 is 0. The largest absolute Gasteiger partial charge is 0.481 e. The van der Waals surface area contributed by atoms with Crippen molar-refractivity contribution in [1.29, 1.82) is 0 Å². The summed E-state index contributed by atoms with van der Waals surface area (Å²) in [4.78, 5) is 22.8. The molecule has 0 radical (unpaired) electrons. The molecule has 0 aromatic heterocycles. The standard InChI is InChI=1S/C15H26N2O3/c16-15(7-1-2-8-15)9-13(18)17-10-11-3-5-12(6-4-11)14(19)20/h11-12H,1-10,16H2,(H,17,18)(H,19,20). The van der Waals surface area contributed by atoms with Gasteiger partial charge in [0.1, 0.15) is 0 Å². The normalized spacial score (nSPS) is 29.1. The Kier molecular flexibility index (Phi) is 5.02. The number of rotatable bonds is 5. The van der Waals surface area contributed by atoms with Crippen LogP contribution in [0.1, 0.15) is 57.8 Å². The van der Waals surface area contributed by atoms with E-state index in [1.54, 1.807) is 0 Å². The van der Waals surface area contributed by atoms with Gasteiger partial charge in [-0.1, -0.05) is 12.8 Å². The summed E-state index contributed by atoms with van der Waals surface area (Å²) in [5.41, 5.74) is 5.91. The smallest absolute Gasteiger partial charge is 0.306 e. The number of nitrogens with two attached hydrogens (primary N) is 1. The maximum atomic E-state index is 11.9. The topological polar surface area (TPSA) is 92.4 Å². The Bertz CT molecular complexity index is 356. The first kappa shape index (κ1) is 15.3. The molecule has 5 heteroatoms. The third-order valence-corrected chi connectivity index (χ3v) is 4.90. The van der Waals surface area contributed by atoms with Crippen LogP contribution < -0.4 is 11.1 Å². The quantitative estimate of drug-likeness (QED) is 0.715. The first-order valence-electron chi connectivity index (χ1n) is 7.77. The number of carbonyl (C=O) groups excluding carboxylic acids is 1. The molecule has 0 atom stereocenters. The maximum absolute atomic E-state index is 11.9. The molecule has 0 aromatic carbocycles. The average Bonchev–Trinajstić information content (AvgIpc) is 2.83. The average molecular weight is 282 g/mol. The van der Waals surface area contributed by atoms with E-state index in [2.05, 4.69) is 5.32 Å². The van der Waals surface area contributed by atoms with Crippen LogP contribution in [0.15, 0.2) is 0 Å². The second-order valence-corrected chi connectivity index (χ2v) is 6.61. The van der Waals surface area contributed by atoms with Crippen molar-refractivity contribution in [3.63, 3.8) is 0 Å². The van der Waals surface area contributed by atoms with Gasteiger partial charge in [-0.15, -0.1) is 0 Å². The van der Waals surface area contributed by atoms with Gasteiger partial charge in [0.05, 0.1) is 5.92 Å². The van der Waals surface area contributed by atoms with Crippen LogP contribution in [0.3, 0.4) is 0 Å². The first-order chi connectivity index (χ1) is 9.48. The van der Waals surface area contributed by atoms with Crippen molar-refractivity contribution in [2.24, 2.45) is 17.6 Å². The van der Waals surface area contributed by atoms with Gasteiger partial charge in [0.25, 0.3) is 0 Å². The van der Waals surface area contributed by atoms with Gasteiger partial charge in [-0.25, -0.2) is 0 Å². The van der Waals surface area contributed by atoms with E-state index in [1.807, 2.05) is 0 Å². The Morgan fingerprint density at radius 3 is 2.30 bits per heavy atom. The number of aliphatic carboxylic acids is 1. The van der Waals surface area contributed by atoms with E-state index < -0.39 is 5.97 Å². The van der Waals surface area contributed by atoms with Crippen LogP contribution in [-0.4, -0.2) is 29.1 Å². The summed E-state index contributed by atoms with van der Waals surface area (Å²) in [6, 6.07) is 0. The minimum absolute atomic E-state index is 0.0507. The van der Waals surface area contributed by atoms with Gasteiger partial charge in [-0.3, -0.25) is 9.59 Å². The third-order valence-electron chi connectivity index (χ3n) is 4.90. The molecule has 4 N–H and O–H groups in total. The van der Waals surface area contributed by atoms with Crippen LogP contribution in [0.2, 0.25) is 0 Å². The molecule has 0 bridgehead atoms. The van der Waals surface area contributed by atoms with Gasteiger partial charge in [0, 0.05) is 18.5 Å². The zero-order chi connectivity index (χ0) is 14.6. The number of amides is 1. The first-order valence-corrected chi connectivity index (χ1v) is 7.77. The molecule has 0 unspecified atom stereocenters. The number of nitrogens with one attached hydrogen (secondary N) is 1. The Labute approximate surface area is 120 Å². The third kappa shape index (κ3) is 4.20. The van der Waals surface area contributed by atoms with E-state index in [1.165, 1.54) is 0 Å². The molecule has 0 aliphatic heterocycles. The number of carboxylic acids is 1. The molecule has 1 amide bonds. The summed E-state index contributed by atoms with van der Waals surface area (Å²) in [5.74, 6) is -0.395. The maximum Gasteiger partial charge on any atom is 0.306 e. The fourth-order valence-corrected chi connectivity index (χ4v) is 3.51. The van der Waals surface area contributed by atoms with Crippen molar-refractivity contribution in [2.75, 3.05) is 6.54 Å².